The van der Waals surface area contributed by atoms with Crippen molar-refractivity contribution in [1.29, 1.82) is 0 Å². The molecule has 0 radical (unpaired) electrons. The van der Waals surface area contributed by atoms with E-state index in [2.05, 4.69) is 5.16 Å². The minimum atomic E-state index is -1.29. The number of carbonyl (C=O) groups is 4. The highest BCUT2D eigenvalue weighted by Gasteiger charge is 2.52. The number of hydrogen-bond donors (Lipinski definition) is 1. The fourth-order valence-electron chi connectivity index (χ4n) is 3.12. The maximum Gasteiger partial charge on any atom is 0.303 e. The topological polar surface area (TPSA) is 147 Å². The van der Waals surface area contributed by atoms with E-state index < -0.39 is 53.7 Å². The van der Waals surface area contributed by atoms with Gasteiger partial charge < -0.3 is 28.9 Å². The highest BCUT2D eigenvalue weighted by atomic mass is 32.2. The number of ether oxygens (including phenoxy) is 5. The van der Waals surface area contributed by atoms with Gasteiger partial charge in [-0.05, 0) is 0 Å². The summed E-state index contributed by atoms with van der Waals surface area (Å²) in [6.45, 7) is 4.27. The van der Waals surface area contributed by atoms with Crippen LogP contribution in [0, 0.1) is 0 Å². The van der Waals surface area contributed by atoms with Crippen LogP contribution in [-0.2, 0) is 42.9 Å². The lowest BCUT2D eigenvalue weighted by Gasteiger charge is -2.44. The molecule has 0 saturated carbocycles. The average Bonchev–Trinajstić information content (AvgIpc) is 2.74. The van der Waals surface area contributed by atoms with Crippen LogP contribution in [0.5, 0.6) is 0 Å². The summed E-state index contributed by atoms with van der Waals surface area (Å²) in [6.07, 6.45) is -4.88. The van der Waals surface area contributed by atoms with E-state index in [-0.39, 0.29) is 11.7 Å². The molecular weight excluding hydrogens is 458 g/mol. The van der Waals surface area contributed by atoms with E-state index in [1.165, 1.54) is 6.92 Å². The minimum absolute atomic E-state index is 0.122. The van der Waals surface area contributed by atoms with Crippen molar-refractivity contribution in [2.45, 2.75) is 57.5 Å². The van der Waals surface area contributed by atoms with Crippen molar-refractivity contribution >= 4 is 40.7 Å². The normalized spacial score (nSPS) is 25.0. The molecule has 0 unspecified atom stereocenters. The Morgan fingerprint density at radius 1 is 0.879 bits per heavy atom. The van der Waals surface area contributed by atoms with Crippen LogP contribution in [0.1, 0.15) is 33.3 Å². The molecule has 1 aliphatic heterocycles. The van der Waals surface area contributed by atoms with Crippen LogP contribution < -0.4 is 0 Å². The molecule has 0 bridgehead atoms. The standard InChI is InChI=1S/C21H25NO10S/c1-11(23)28-10-16-17(29-12(2)24)18(30-13(3)25)19(31-14(4)26)21(32-16)33-20(22-27)15-8-6-5-7-9-15/h5-9,16-19,21,27H,10H2,1-4H3/t16-,17-,18+,19-,21+/m1/s1. The molecule has 1 N–H and O–H groups in total. The van der Waals surface area contributed by atoms with Crippen molar-refractivity contribution in [3.8, 4) is 0 Å². The first-order chi connectivity index (χ1) is 15.6. The molecule has 1 aliphatic rings. The van der Waals surface area contributed by atoms with Gasteiger partial charge in [-0.15, -0.1) is 0 Å². The smallest absolute Gasteiger partial charge is 0.303 e. The van der Waals surface area contributed by atoms with Crippen LogP contribution in [0.4, 0.5) is 0 Å². The third-order valence-corrected chi connectivity index (χ3v) is 5.44. The Balaban J connectivity index is 2.47. The Hall–Kier alpha value is -3.12. The molecule has 0 aromatic heterocycles. The summed E-state index contributed by atoms with van der Waals surface area (Å²) < 4.78 is 27.1. The van der Waals surface area contributed by atoms with E-state index in [1.54, 1.807) is 30.3 Å². The van der Waals surface area contributed by atoms with E-state index in [9.17, 15) is 24.4 Å². The number of oxime groups is 1. The van der Waals surface area contributed by atoms with Crippen molar-refractivity contribution < 1.29 is 48.1 Å². The van der Waals surface area contributed by atoms with Gasteiger partial charge in [0.15, 0.2) is 23.7 Å². The third kappa shape index (κ3) is 7.75. The number of thioether (sulfide) groups is 1. The van der Waals surface area contributed by atoms with E-state index in [0.29, 0.717) is 5.56 Å². The number of benzene rings is 1. The minimum Gasteiger partial charge on any atom is -0.463 e. The Bertz CT molecular complexity index is 890. The van der Waals surface area contributed by atoms with Crippen molar-refractivity contribution in [3.05, 3.63) is 35.9 Å². The van der Waals surface area contributed by atoms with Crippen LogP contribution in [0.2, 0.25) is 0 Å². The van der Waals surface area contributed by atoms with E-state index in [1.807, 2.05) is 0 Å². The Morgan fingerprint density at radius 2 is 1.42 bits per heavy atom. The van der Waals surface area contributed by atoms with E-state index in [4.69, 9.17) is 23.7 Å². The predicted octanol–water partition coefficient (Wildman–Crippen LogP) is 1.64. The van der Waals surface area contributed by atoms with Crippen molar-refractivity contribution in [1.82, 2.24) is 0 Å². The molecular formula is C21H25NO10S. The average molecular weight is 483 g/mol. The quantitative estimate of drug-likeness (QED) is 0.151. The molecule has 0 aliphatic carbocycles. The molecule has 2 rings (SSSR count). The van der Waals surface area contributed by atoms with Gasteiger partial charge in [-0.25, -0.2) is 0 Å². The van der Waals surface area contributed by atoms with Gasteiger partial charge in [-0.2, -0.15) is 0 Å². The van der Waals surface area contributed by atoms with Crippen molar-refractivity contribution in [2.75, 3.05) is 6.61 Å². The molecule has 180 valence electrons. The fourth-order valence-corrected chi connectivity index (χ4v) is 4.21. The van der Waals surface area contributed by atoms with Gasteiger partial charge in [0.25, 0.3) is 0 Å². The van der Waals surface area contributed by atoms with Gasteiger partial charge in [0.1, 0.15) is 17.8 Å². The van der Waals surface area contributed by atoms with Crippen molar-refractivity contribution in [2.24, 2.45) is 5.16 Å². The first kappa shape index (κ1) is 26.1. The van der Waals surface area contributed by atoms with Crippen molar-refractivity contribution in [3.63, 3.8) is 0 Å². The van der Waals surface area contributed by atoms with Gasteiger partial charge in [0, 0.05) is 33.3 Å². The van der Waals surface area contributed by atoms with Gasteiger partial charge >= 0.3 is 23.9 Å². The van der Waals surface area contributed by atoms with Crippen LogP contribution in [0.15, 0.2) is 35.5 Å². The number of hydrogen-bond acceptors (Lipinski definition) is 12. The fraction of sp³-hybridized carbons (Fsp3) is 0.476. The van der Waals surface area contributed by atoms with E-state index >= 15 is 0 Å². The molecule has 1 fully saturated rings. The monoisotopic (exact) mass is 483 g/mol. The zero-order valence-electron chi connectivity index (χ0n) is 18.5. The molecule has 12 heteroatoms. The van der Waals surface area contributed by atoms with Gasteiger partial charge in [0.05, 0.1) is 0 Å². The van der Waals surface area contributed by atoms with Gasteiger partial charge in [-0.3, -0.25) is 19.2 Å². The maximum absolute atomic E-state index is 11.9. The summed E-state index contributed by atoms with van der Waals surface area (Å²) in [5.41, 5.74) is -0.547. The highest BCUT2D eigenvalue weighted by molar-refractivity contribution is 8.14. The summed E-state index contributed by atoms with van der Waals surface area (Å²) in [5.74, 6) is -2.78. The summed E-state index contributed by atoms with van der Waals surface area (Å²) >= 11 is 0.887. The number of esters is 4. The second-order valence-corrected chi connectivity index (χ2v) is 8.04. The molecule has 1 aromatic carbocycles. The third-order valence-electron chi connectivity index (χ3n) is 4.29. The second-order valence-electron chi connectivity index (χ2n) is 6.96. The Kier molecular flexibility index (Phi) is 9.67. The van der Waals surface area contributed by atoms with Crippen LogP contribution >= 0.6 is 11.8 Å². The highest BCUT2D eigenvalue weighted by Crippen LogP contribution is 2.36. The van der Waals surface area contributed by atoms with E-state index in [0.717, 1.165) is 32.5 Å². The first-order valence-electron chi connectivity index (χ1n) is 9.87. The molecule has 11 nitrogen and oxygen atoms in total. The Morgan fingerprint density at radius 3 is 1.94 bits per heavy atom. The summed E-state index contributed by atoms with van der Waals surface area (Å²) in [7, 11) is 0. The number of carbonyl (C=O) groups excluding carboxylic acids is 4. The SMILES string of the molecule is CC(=O)OC[C@H]1O[C@@H](SC(=NO)c2ccccc2)[C@H](OC(C)=O)[C@@H](OC(C)=O)[C@@H]1OC(C)=O. The summed E-state index contributed by atoms with van der Waals surface area (Å²) in [5, 5.41) is 13.0. The number of rotatable bonds is 7. The Labute approximate surface area is 194 Å². The van der Waals surface area contributed by atoms with Gasteiger partial charge in [-0.1, -0.05) is 47.2 Å². The first-order valence-corrected chi connectivity index (χ1v) is 10.7. The van der Waals surface area contributed by atoms with Crippen LogP contribution in [-0.4, -0.2) is 70.6 Å². The van der Waals surface area contributed by atoms with Crippen LogP contribution in [0.25, 0.3) is 0 Å². The largest absolute Gasteiger partial charge is 0.463 e. The molecule has 1 aromatic rings. The molecule has 5 atom stereocenters. The second kappa shape index (κ2) is 12.2. The lowest BCUT2D eigenvalue weighted by atomic mass is 9.99. The number of nitrogens with zero attached hydrogens (tertiary/aromatic N) is 1. The summed E-state index contributed by atoms with van der Waals surface area (Å²) in [4.78, 5) is 46.8. The zero-order chi connectivity index (χ0) is 24.5. The molecule has 0 amide bonds. The molecule has 33 heavy (non-hydrogen) atoms. The summed E-state index contributed by atoms with van der Waals surface area (Å²) in [6, 6.07) is 8.61. The lowest BCUT2D eigenvalue weighted by molar-refractivity contribution is -0.237. The van der Waals surface area contributed by atoms with Gasteiger partial charge in [0.2, 0.25) is 0 Å². The molecule has 1 heterocycles. The molecule has 1 saturated heterocycles. The van der Waals surface area contributed by atoms with Crippen LogP contribution in [0.3, 0.4) is 0 Å². The zero-order valence-corrected chi connectivity index (χ0v) is 19.3. The maximum atomic E-state index is 11.9. The lowest BCUT2D eigenvalue weighted by Crippen LogP contribution is -2.61. The molecule has 0 spiro atoms. The predicted molar refractivity (Wildman–Crippen MR) is 114 cm³/mol.